The van der Waals surface area contributed by atoms with Gasteiger partial charge in [0, 0.05) is 22.4 Å². The number of hydrogen-bond donors (Lipinski definition) is 1. The fraction of sp³-hybridized carbons (Fsp3) is 0.206. The SMILES string of the molecule is C=C(C)[C@H]1C[C@H](c2ccccc2Cl)[C@H](c2cccc(F)c2)O[C@@H]1c1cc(Oc2ccccc2)ccc1OCC(=O)O. The summed E-state index contributed by atoms with van der Waals surface area (Å²) in [5.41, 5.74) is 3.07. The molecule has 0 bridgehead atoms. The third-order valence-corrected chi connectivity index (χ3v) is 7.61. The Balaban J connectivity index is 1.61. The highest BCUT2D eigenvalue weighted by atomic mass is 35.5. The van der Waals surface area contributed by atoms with E-state index in [2.05, 4.69) is 6.58 Å². The van der Waals surface area contributed by atoms with Gasteiger partial charge in [0.15, 0.2) is 6.61 Å². The van der Waals surface area contributed by atoms with Crippen molar-refractivity contribution in [3.63, 3.8) is 0 Å². The van der Waals surface area contributed by atoms with Crippen molar-refractivity contribution in [3.8, 4) is 17.2 Å². The van der Waals surface area contributed by atoms with Crippen LogP contribution in [-0.2, 0) is 9.53 Å². The lowest BCUT2D eigenvalue weighted by Crippen LogP contribution is -2.32. The van der Waals surface area contributed by atoms with E-state index in [1.54, 1.807) is 18.2 Å². The van der Waals surface area contributed by atoms with Gasteiger partial charge in [0.1, 0.15) is 23.1 Å². The zero-order chi connectivity index (χ0) is 28.9. The average molecular weight is 573 g/mol. The highest BCUT2D eigenvalue weighted by Gasteiger charge is 2.42. The minimum atomic E-state index is -1.10. The van der Waals surface area contributed by atoms with Crippen LogP contribution in [0.25, 0.3) is 0 Å². The molecule has 210 valence electrons. The predicted molar refractivity (Wildman–Crippen MR) is 156 cm³/mol. The number of halogens is 2. The molecule has 0 radical (unpaired) electrons. The lowest BCUT2D eigenvalue weighted by Gasteiger charge is -2.43. The second-order valence-corrected chi connectivity index (χ2v) is 10.6. The van der Waals surface area contributed by atoms with E-state index < -0.39 is 24.8 Å². The molecule has 0 unspecified atom stereocenters. The molecule has 1 heterocycles. The van der Waals surface area contributed by atoms with Gasteiger partial charge in [-0.15, -0.1) is 0 Å². The molecule has 0 saturated carbocycles. The summed E-state index contributed by atoms with van der Waals surface area (Å²) in [5, 5.41) is 9.93. The summed E-state index contributed by atoms with van der Waals surface area (Å²) >= 11 is 6.67. The first-order valence-electron chi connectivity index (χ1n) is 13.3. The molecule has 0 spiro atoms. The Labute approximate surface area is 243 Å². The van der Waals surface area contributed by atoms with Crippen LogP contribution in [0.3, 0.4) is 0 Å². The zero-order valence-corrected chi connectivity index (χ0v) is 23.3. The van der Waals surface area contributed by atoms with Crippen molar-refractivity contribution in [3.05, 3.63) is 137 Å². The van der Waals surface area contributed by atoms with E-state index >= 15 is 0 Å². The van der Waals surface area contributed by atoms with Crippen molar-refractivity contribution in [1.29, 1.82) is 0 Å². The largest absolute Gasteiger partial charge is 0.482 e. The Kier molecular flexibility index (Phi) is 8.72. The second-order valence-electron chi connectivity index (χ2n) is 10.1. The minimum Gasteiger partial charge on any atom is -0.482 e. The van der Waals surface area contributed by atoms with Gasteiger partial charge in [0.05, 0.1) is 12.2 Å². The number of carboxylic acid groups (broad SMARTS) is 1. The normalized spacial score (nSPS) is 20.3. The van der Waals surface area contributed by atoms with Crippen LogP contribution < -0.4 is 9.47 Å². The molecular formula is C34H30ClFO5. The Morgan fingerprint density at radius 3 is 2.41 bits per heavy atom. The van der Waals surface area contributed by atoms with Gasteiger partial charge in [-0.05, 0) is 73.0 Å². The predicted octanol–water partition coefficient (Wildman–Crippen LogP) is 8.91. The molecule has 4 aromatic carbocycles. The second kappa shape index (κ2) is 12.6. The topological polar surface area (TPSA) is 65.0 Å². The van der Waals surface area contributed by atoms with Crippen molar-refractivity contribution >= 4 is 17.6 Å². The lowest BCUT2D eigenvalue weighted by atomic mass is 9.74. The maximum Gasteiger partial charge on any atom is 0.341 e. The third-order valence-electron chi connectivity index (χ3n) is 7.26. The molecule has 41 heavy (non-hydrogen) atoms. The van der Waals surface area contributed by atoms with Crippen LogP contribution in [0.15, 0.2) is 109 Å². The van der Waals surface area contributed by atoms with Crippen LogP contribution in [0.2, 0.25) is 5.02 Å². The van der Waals surface area contributed by atoms with E-state index in [0.29, 0.717) is 39.8 Å². The highest BCUT2D eigenvalue weighted by Crippen LogP contribution is 2.54. The minimum absolute atomic E-state index is 0.194. The molecule has 1 saturated heterocycles. The number of carboxylic acids is 1. The Morgan fingerprint density at radius 1 is 0.951 bits per heavy atom. The van der Waals surface area contributed by atoms with Crippen LogP contribution >= 0.6 is 11.6 Å². The lowest BCUT2D eigenvalue weighted by molar-refractivity contribution is -0.139. The van der Waals surface area contributed by atoms with Gasteiger partial charge in [-0.25, -0.2) is 9.18 Å². The molecule has 1 aliphatic heterocycles. The number of benzene rings is 4. The molecule has 7 heteroatoms. The van der Waals surface area contributed by atoms with Crippen molar-refractivity contribution < 1.29 is 28.5 Å². The van der Waals surface area contributed by atoms with E-state index in [-0.39, 0.29) is 17.7 Å². The Morgan fingerprint density at radius 2 is 1.71 bits per heavy atom. The van der Waals surface area contributed by atoms with Gasteiger partial charge in [0.2, 0.25) is 0 Å². The number of ether oxygens (including phenoxy) is 3. The Hall–Kier alpha value is -4.13. The van der Waals surface area contributed by atoms with Crippen molar-refractivity contribution in [2.45, 2.75) is 31.5 Å². The maximum absolute atomic E-state index is 14.5. The molecule has 0 amide bonds. The van der Waals surface area contributed by atoms with Gasteiger partial charge < -0.3 is 19.3 Å². The summed E-state index contributed by atoms with van der Waals surface area (Å²) in [7, 11) is 0. The standard InChI is InChI=1S/C34H30ClFO5/c1-21(2)27-19-28(26-13-6-7-14-30(26)35)33(22-9-8-10-23(36)17-22)41-34(27)29-18-25(40-24-11-4-3-5-12-24)15-16-31(29)39-20-32(37)38/h3-18,27-28,33-34H,1,19-20H2,2H3,(H,37,38)/t27-,28-,33+,34+/m1/s1. The maximum atomic E-state index is 14.5. The number of para-hydroxylation sites is 1. The van der Waals surface area contributed by atoms with E-state index in [4.69, 9.17) is 25.8 Å². The molecule has 1 aliphatic rings. The molecule has 4 atom stereocenters. The summed E-state index contributed by atoms with van der Waals surface area (Å²) in [6, 6.07) is 28.5. The molecular weight excluding hydrogens is 543 g/mol. The van der Waals surface area contributed by atoms with E-state index in [1.807, 2.05) is 73.7 Å². The number of rotatable bonds is 9. The van der Waals surface area contributed by atoms with Crippen LogP contribution in [0.5, 0.6) is 17.2 Å². The summed E-state index contributed by atoms with van der Waals surface area (Å²) in [6.07, 6.45) is -0.549. The van der Waals surface area contributed by atoms with E-state index in [9.17, 15) is 14.3 Å². The van der Waals surface area contributed by atoms with E-state index in [0.717, 1.165) is 11.1 Å². The number of carbonyl (C=O) groups is 1. The van der Waals surface area contributed by atoms with Crippen molar-refractivity contribution in [2.75, 3.05) is 6.61 Å². The van der Waals surface area contributed by atoms with Gasteiger partial charge in [-0.3, -0.25) is 0 Å². The van der Waals surface area contributed by atoms with Crippen LogP contribution in [-0.4, -0.2) is 17.7 Å². The van der Waals surface area contributed by atoms with Gasteiger partial charge in [-0.1, -0.05) is 72.3 Å². The van der Waals surface area contributed by atoms with Crippen molar-refractivity contribution in [1.82, 2.24) is 0 Å². The monoisotopic (exact) mass is 572 g/mol. The van der Waals surface area contributed by atoms with Crippen LogP contribution in [0.4, 0.5) is 4.39 Å². The molecule has 0 aromatic heterocycles. The smallest absolute Gasteiger partial charge is 0.341 e. The molecule has 5 rings (SSSR count). The highest BCUT2D eigenvalue weighted by molar-refractivity contribution is 6.31. The van der Waals surface area contributed by atoms with Crippen LogP contribution in [0.1, 0.15) is 48.2 Å². The fourth-order valence-electron chi connectivity index (χ4n) is 5.39. The zero-order valence-electron chi connectivity index (χ0n) is 22.5. The summed E-state index contributed by atoms with van der Waals surface area (Å²) in [4.78, 5) is 11.4. The number of aliphatic carboxylic acids is 1. The molecule has 0 aliphatic carbocycles. The first-order valence-corrected chi connectivity index (χ1v) is 13.7. The first-order chi connectivity index (χ1) is 19.8. The van der Waals surface area contributed by atoms with Crippen molar-refractivity contribution in [2.24, 2.45) is 5.92 Å². The van der Waals surface area contributed by atoms with Crippen LogP contribution in [0, 0.1) is 11.7 Å². The van der Waals surface area contributed by atoms with Gasteiger partial charge in [0.25, 0.3) is 0 Å². The third kappa shape index (κ3) is 6.62. The molecule has 5 nitrogen and oxygen atoms in total. The fourth-order valence-corrected chi connectivity index (χ4v) is 5.66. The molecule has 1 fully saturated rings. The molecule has 1 N–H and O–H groups in total. The first kappa shape index (κ1) is 28.4. The molecule has 4 aromatic rings. The Bertz CT molecular complexity index is 1540. The summed E-state index contributed by atoms with van der Waals surface area (Å²) in [5.74, 6) is -0.318. The number of hydrogen-bond acceptors (Lipinski definition) is 4. The quantitative estimate of drug-likeness (QED) is 0.203. The summed E-state index contributed by atoms with van der Waals surface area (Å²) < 4.78 is 33.2. The van der Waals surface area contributed by atoms with Gasteiger partial charge in [-0.2, -0.15) is 0 Å². The average Bonchev–Trinajstić information content (AvgIpc) is 2.96. The van der Waals surface area contributed by atoms with E-state index in [1.165, 1.54) is 12.1 Å². The van der Waals surface area contributed by atoms with Gasteiger partial charge >= 0.3 is 5.97 Å². The summed E-state index contributed by atoms with van der Waals surface area (Å²) in [6.45, 7) is 5.69.